The van der Waals surface area contributed by atoms with Crippen LogP contribution in [0.4, 0.5) is 0 Å². The van der Waals surface area contributed by atoms with Gasteiger partial charge in [-0.3, -0.25) is 9.59 Å². The molecular formula is C20H17ClO4. The van der Waals surface area contributed by atoms with Gasteiger partial charge < -0.3 is 9.47 Å². The molecule has 0 bridgehead atoms. The summed E-state index contributed by atoms with van der Waals surface area (Å²) in [4.78, 5) is 24.1. The van der Waals surface area contributed by atoms with Gasteiger partial charge in [0, 0.05) is 18.4 Å². The Hall–Kier alpha value is -2.59. The maximum Gasteiger partial charge on any atom is 0.311 e. The van der Waals surface area contributed by atoms with Crippen LogP contribution in [0, 0.1) is 6.92 Å². The van der Waals surface area contributed by atoms with E-state index in [0.29, 0.717) is 29.4 Å². The molecule has 1 aliphatic rings. The third-order valence-corrected chi connectivity index (χ3v) is 4.03. The van der Waals surface area contributed by atoms with Crippen LogP contribution in [0.25, 0.3) is 6.08 Å². The van der Waals surface area contributed by atoms with Crippen molar-refractivity contribution in [3.63, 3.8) is 0 Å². The molecule has 0 unspecified atom stereocenters. The van der Waals surface area contributed by atoms with Crippen LogP contribution in [0.2, 0.25) is 0 Å². The van der Waals surface area contributed by atoms with E-state index >= 15 is 0 Å². The summed E-state index contributed by atoms with van der Waals surface area (Å²) in [5, 5.41) is 0. The van der Waals surface area contributed by atoms with Crippen molar-refractivity contribution >= 4 is 29.4 Å². The van der Waals surface area contributed by atoms with Crippen molar-refractivity contribution in [3.05, 3.63) is 64.9 Å². The Balaban J connectivity index is 1.77. The summed E-state index contributed by atoms with van der Waals surface area (Å²) in [6.45, 7) is 2.00. The van der Waals surface area contributed by atoms with Crippen molar-refractivity contribution in [2.45, 2.75) is 19.8 Å². The molecule has 0 saturated carbocycles. The zero-order valence-corrected chi connectivity index (χ0v) is 14.5. The second kappa shape index (κ2) is 7.53. The Kier molecular flexibility index (Phi) is 5.19. The normalized spacial score (nSPS) is 14.3. The predicted molar refractivity (Wildman–Crippen MR) is 96.1 cm³/mol. The van der Waals surface area contributed by atoms with Crippen LogP contribution >= 0.6 is 11.6 Å². The molecule has 0 fully saturated rings. The number of alkyl halides is 1. The molecule has 25 heavy (non-hydrogen) atoms. The smallest absolute Gasteiger partial charge is 0.311 e. The summed E-state index contributed by atoms with van der Waals surface area (Å²) in [5.41, 5.74) is 2.48. The van der Waals surface area contributed by atoms with E-state index < -0.39 is 0 Å². The van der Waals surface area contributed by atoms with E-state index in [4.69, 9.17) is 21.1 Å². The number of aryl methyl sites for hydroxylation is 1. The van der Waals surface area contributed by atoms with Crippen LogP contribution in [0.1, 0.15) is 34.3 Å². The number of rotatable bonds is 5. The lowest BCUT2D eigenvalue weighted by atomic mass is 10.1. The molecule has 0 radical (unpaired) electrons. The van der Waals surface area contributed by atoms with E-state index in [1.165, 1.54) is 0 Å². The van der Waals surface area contributed by atoms with Crippen LogP contribution in [-0.4, -0.2) is 17.6 Å². The van der Waals surface area contributed by atoms with Gasteiger partial charge >= 0.3 is 5.97 Å². The van der Waals surface area contributed by atoms with Crippen LogP contribution in [-0.2, 0) is 4.79 Å². The molecule has 0 spiro atoms. The second-order valence-corrected chi connectivity index (χ2v) is 6.15. The van der Waals surface area contributed by atoms with Crippen LogP contribution < -0.4 is 9.47 Å². The third-order valence-electron chi connectivity index (χ3n) is 3.76. The predicted octanol–water partition coefficient (Wildman–Crippen LogP) is 4.54. The molecule has 2 aromatic carbocycles. The van der Waals surface area contributed by atoms with Gasteiger partial charge in [0.05, 0.1) is 5.56 Å². The molecule has 2 aromatic rings. The fourth-order valence-electron chi connectivity index (χ4n) is 2.44. The summed E-state index contributed by atoms with van der Waals surface area (Å²) < 4.78 is 10.9. The van der Waals surface area contributed by atoms with Crippen molar-refractivity contribution in [1.29, 1.82) is 0 Å². The molecule has 4 nitrogen and oxygen atoms in total. The molecule has 1 aliphatic heterocycles. The number of hydrogen-bond acceptors (Lipinski definition) is 4. The highest BCUT2D eigenvalue weighted by Crippen LogP contribution is 2.35. The standard InChI is InChI=1S/C20H17ClO4/c1-13-4-6-14(7-5-13)11-18-20(23)16-9-8-15(12-17(16)25-18)24-19(22)3-2-10-21/h4-9,11-12H,2-3,10H2,1H3/b18-11-. The van der Waals surface area contributed by atoms with E-state index in [0.717, 1.165) is 11.1 Å². The molecule has 0 atom stereocenters. The van der Waals surface area contributed by atoms with Gasteiger partial charge in [0.15, 0.2) is 5.76 Å². The maximum absolute atomic E-state index is 12.4. The van der Waals surface area contributed by atoms with Crippen LogP contribution in [0.3, 0.4) is 0 Å². The Morgan fingerprint density at radius 2 is 1.96 bits per heavy atom. The van der Waals surface area contributed by atoms with Gasteiger partial charge in [0.25, 0.3) is 0 Å². The Morgan fingerprint density at radius 1 is 1.20 bits per heavy atom. The van der Waals surface area contributed by atoms with Crippen molar-refractivity contribution in [2.75, 3.05) is 5.88 Å². The van der Waals surface area contributed by atoms with Gasteiger partial charge in [-0.15, -0.1) is 11.6 Å². The monoisotopic (exact) mass is 356 g/mol. The summed E-state index contributed by atoms with van der Waals surface area (Å²) in [6, 6.07) is 12.5. The van der Waals surface area contributed by atoms with Crippen LogP contribution in [0.15, 0.2) is 48.2 Å². The average Bonchev–Trinajstić information content (AvgIpc) is 2.90. The molecule has 3 rings (SSSR count). The quantitative estimate of drug-likeness (QED) is 0.341. The van der Waals surface area contributed by atoms with Gasteiger partial charge in [-0.05, 0) is 37.1 Å². The van der Waals surface area contributed by atoms with E-state index in [1.54, 1.807) is 24.3 Å². The SMILES string of the molecule is Cc1ccc(/C=C2\Oc3cc(OC(=O)CCCCl)ccc3C2=O)cc1. The average molecular weight is 357 g/mol. The first-order valence-corrected chi connectivity index (χ1v) is 8.52. The minimum absolute atomic E-state index is 0.185. The van der Waals surface area contributed by atoms with Crippen molar-refractivity contribution in [1.82, 2.24) is 0 Å². The lowest BCUT2D eigenvalue weighted by Crippen LogP contribution is -2.07. The van der Waals surface area contributed by atoms with Gasteiger partial charge in [0.2, 0.25) is 5.78 Å². The number of carbonyl (C=O) groups excluding carboxylic acids is 2. The largest absolute Gasteiger partial charge is 0.452 e. The van der Waals surface area contributed by atoms with E-state index in [2.05, 4.69) is 0 Å². The van der Waals surface area contributed by atoms with Crippen molar-refractivity contribution in [2.24, 2.45) is 0 Å². The minimum atomic E-state index is -0.361. The number of esters is 1. The number of ketones is 1. The van der Waals surface area contributed by atoms with Gasteiger partial charge in [0.1, 0.15) is 11.5 Å². The first-order chi connectivity index (χ1) is 12.1. The number of hydrogen-bond donors (Lipinski definition) is 0. The topological polar surface area (TPSA) is 52.6 Å². The van der Waals surface area contributed by atoms with Crippen molar-refractivity contribution < 1.29 is 19.1 Å². The highest BCUT2D eigenvalue weighted by atomic mass is 35.5. The number of fused-ring (bicyclic) bond motifs is 1. The molecule has 0 aromatic heterocycles. The zero-order valence-electron chi connectivity index (χ0n) is 13.8. The van der Waals surface area contributed by atoms with Gasteiger partial charge in [-0.2, -0.15) is 0 Å². The van der Waals surface area contributed by atoms with E-state index in [1.807, 2.05) is 31.2 Å². The Labute approximate surface area is 151 Å². The number of ether oxygens (including phenoxy) is 2. The highest BCUT2D eigenvalue weighted by Gasteiger charge is 2.28. The molecule has 128 valence electrons. The van der Waals surface area contributed by atoms with E-state index in [9.17, 15) is 9.59 Å². The zero-order chi connectivity index (χ0) is 17.8. The second-order valence-electron chi connectivity index (χ2n) is 5.78. The number of carbonyl (C=O) groups is 2. The summed E-state index contributed by atoms with van der Waals surface area (Å²) in [5.74, 6) is 0.860. The third kappa shape index (κ3) is 4.09. The van der Waals surface area contributed by atoms with Crippen LogP contribution in [0.5, 0.6) is 11.5 Å². The molecular weight excluding hydrogens is 340 g/mol. The summed E-state index contributed by atoms with van der Waals surface area (Å²) in [6.07, 6.45) is 2.51. The number of halogens is 1. The number of Topliss-reactive ketones (excluding diaryl/α,β-unsaturated/α-hetero) is 1. The number of benzene rings is 2. The lowest BCUT2D eigenvalue weighted by molar-refractivity contribution is -0.134. The lowest BCUT2D eigenvalue weighted by Gasteiger charge is -2.05. The summed E-state index contributed by atoms with van der Waals surface area (Å²) in [7, 11) is 0. The molecule has 0 N–H and O–H groups in total. The first kappa shape index (κ1) is 17.2. The van der Waals surface area contributed by atoms with Gasteiger partial charge in [-0.1, -0.05) is 29.8 Å². The molecule has 1 heterocycles. The minimum Gasteiger partial charge on any atom is -0.452 e. The first-order valence-electron chi connectivity index (χ1n) is 7.98. The summed E-state index contributed by atoms with van der Waals surface area (Å²) >= 11 is 5.56. The molecule has 0 amide bonds. The van der Waals surface area contributed by atoms with E-state index in [-0.39, 0.29) is 23.9 Å². The van der Waals surface area contributed by atoms with Crippen molar-refractivity contribution in [3.8, 4) is 11.5 Å². The molecule has 0 aliphatic carbocycles. The van der Waals surface area contributed by atoms with Gasteiger partial charge in [-0.25, -0.2) is 0 Å². The fourth-order valence-corrected chi connectivity index (χ4v) is 2.57. The Bertz CT molecular complexity index is 837. The maximum atomic E-state index is 12.4. The number of allylic oxidation sites excluding steroid dienone is 1. The molecule has 0 saturated heterocycles. The molecule has 5 heteroatoms. The highest BCUT2D eigenvalue weighted by molar-refractivity contribution is 6.18. The fraction of sp³-hybridized carbons (Fsp3) is 0.200. The Morgan fingerprint density at radius 3 is 2.68 bits per heavy atom.